The second-order valence-electron chi connectivity index (χ2n) is 7.00. The van der Waals surface area contributed by atoms with Gasteiger partial charge >= 0.3 is 11.9 Å². The maximum Gasteiger partial charge on any atom is 0.335 e. The van der Waals surface area contributed by atoms with Gasteiger partial charge in [0.25, 0.3) is 0 Å². The zero-order valence-electron chi connectivity index (χ0n) is 15.2. The van der Waals surface area contributed by atoms with Gasteiger partial charge in [-0.1, -0.05) is 18.2 Å². The zero-order valence-corrected chi connectivity index (χ0v) is 15.2. The molecule has 0 saturated heterocycles. The third-order valence-corrected chi connectivity index (χ3v) is 4.45. The van der Waals surface area contributed by atoms with E-state index >= 15 is 0 Å². The summed E-state index contributed by atoms with van der Waals surface area (Å²) in [5, 5.41) is 18.4. The first-order chi connectivity index (χ1) is 11.9. The van der Waals surface area contributed by atoms with Gasteiger partial charge in [-0.15, -0.1) is 0 Å². The van der Waals surface area contributed by atoms with E-state index < -0.39 is 23.1 Å². The first kappa shape index (κ1) is 19.5. The lowest BCUT2D eigenvalue weighted by Crippen LogP contribution is -2.40. The van der Waals surface area contributed by atoms with Gasteiger partial charge in [0.05, 0.1) is 11.0 Å². The van der Waals surface area contributed by atoms with E-state index in [1.165, 1.54) is 6.07 Å². The predicted octanol–water partition coefficient (Wildman–Crippen LogP) is 3.27. The van der Waals surface area contributed by atoms with E-state index in [1.807, 2.05) is 0 Å². The van der Waals surface area contributed by atoms with Crippen molar-refractivity contribution in [1.82, 2.24) is 0 Å². The first-order valence-corrected chi connectivity index (χ1v) is 8.11. The summed E-state index contributed by atoms with van der Waals surface area (Å²) in [4.78, 5) is 22.4. The molecule has 0 amide bonds. The van der Waals surface area contributed by atoms with Crippen molar-refractivity contribution < 1.29 is 24.5 Å². The molecule has 0 bridgehead atoms. The van der Waals surface area contributed by atoms with Crippen LogP contribution >= 0.6 is 0 Å². The Morgan fingerprint density at radius 3 is 2.04 bits per heavy atom. The molecule has 138 valence electrons. The standard InChI is InChI=1S/C20H23NO5/c1-12-11-13(17(22)23)5-10-16(12)20(4,21)26-15-8-6-14(7-9-15)19(2,3)18(24)25/h5-11H,21H2,1-4H3,(H,22,23)(H,24,25). The minimum Gasteiger partial charge on any atom is -0.481 e. The van der Waals surface area contributed by atoms with Gasteiger partial charge in [-0.3, -0.25) is 10.5 Å². The molecule has 2 aromatic rings. The van der Waals surface area contributed by atoms with Gasteiger partial charge in [0.15, 0.2) is 5.72 Å². The fourth-order valence-electron chi connectivity index (χ4n) is 2.72. The molecule has 0 spiro atoms. The van der Waals surface area contributed by atoms with Crippen LogP contribution in [0.5, 0.6) is 5.75 Å². The maximum atomic E-state index is 11.3. The highest BCUT2D eigenvalue weighted by molar-refractivity contribution is 5.87. The van der Waals surface area contributed by atoms with E-state index in [9.17, 15) is 14.7 Å². The SMILES string of the molecule is Cc1cc(C(=O)O)ccc1C(C)(N)Oc1ccc(C(C)(C)C(=O)O)cc1. The van der Waals surface area contributed by atoms with E-state index in [0.717, 1.165) is 0 Å². The number of hydrogen-bond acceptors (Lipinski definition) is 4. The molecule has 0 saturated carbocycles. The highest BCUT2D eigenvalue weighted by Crippen LogP contribution is 2.29. The maximum absolute atomic E-state index is 11.3. The fourth-order valence-corrected chi connectivity index (χ4v) is 2.72. The Morgan fingerprint density at radius 2 is 1.58 bits per heavy atom. The molecule has 0 heterocycles. The molecule has 2 aromatic carbocycles. The van der Waals surface area contributed by atoms with Crippen LogP contribution < -0.4 is 10.5 Å². The average Bonchev–Trinajstić information content (AvgIpc) is 2.54. The van der Waals surface area contributed by atoms with Crippen LogP contribution in [0.1, 0.15) is 47.8 Å². The third kappa shape index (κ3) is 3.86. The Balaban J connectivity index is 2.27. The normalized spacial score (nSPS) is 13.7. The lowest BCUT2D eigenvalue weighted by Gasteiger charge is -2.29. The van der Waals surface area contributed by atoms with Crippen molar-refractivity contribution in [3.8, 4) is 5.75 Å². The van der Waals surface area contributed by atoms with Gasteiger partial charge < -0.3 is 14.9 Å². The van der Waals surface area contributed by atoms with E-state index in [1.54, 1.807) is 64.1 Å². The van der Waals surface area contributed by atoms with Crippen LogP contribution in [0.4, 0.5) is 0 Å². The third-order valence-electron chi connectivity index (χ3n) is 4.45. The van der Waals surface area contributed by atoms with Crippen LogP contribution in [-0.4, -0.2) is 22.2 Å². The van der Waals surface area contributed by atoms with Crippen molar-refractivity contribution in [1.29, 1.82) is 0 Å². The van der Waals surface area contributed by atoms with Crippen molar-refractivity contribution in [3.63, 3.8) is 0 Å². The summed E-state index contributed by atoms with van der Waals surface area (Å²) in [6.45, 7) is 6.72. The second kappa shape index (κ2) is 6.80. The van der Waals surface area contributed by atoms with Crippen molar-refractivity contribution in [3.05, 3.63) is 64.7 Å². The van der Waals surface area contributed by atoms with Crippen molar-refractivity contribution in [2.24, 2.45) is 5.73 Å². The number of carbonyl (C=O) groups is 2. The number of rotatable bonds is 6. The van der Waals surface area contributed by atoms with Crippen LogP contribution in [0.2, 0.25) is 0 Å². The fraction of sp³-hybridized carbons (Fsp3) is 0.300. The lowest BCUT2D eigenvalue weighted by atomic mass is 9.85. The smallest absolute Gasteiger partial charge is 0.335 e. The average molecular weight is 357 g/mol. The summed E-state index contributed by atoms with van der Waals surface area (Å²) in [6, 6.07) is 11.4. The molecule has 0 aromatic heterocycles. The first-order valence-electron chi connectivity index (χ1n) is 8.11. The van der Waals surface area contributed by atoms with Crippen molar-refractivity contribution >= 4 is 11.9 Å². The zero-order chi connectivity index (χ0) is 19.7. The molecule has 1 unspecified atom stereocenters. The highest BCUT2D eigenvalue weighted by Gasteiger charge is 2.30. The molecule has 26 heavy (non-hydrogen) atoms. The van der Waals surface area contributed by atoms with E-state index in [0.29, 0.717) is 22.4 Å². The van der Waals surface area contributed by atoms with Crippen LogP contribution in [0.25, 0.3) is 0 Å². The Morgan fingerprint density at radius 1 is 1.00 bits per heavy atom. The molecule has 1 atom stereocenters. The second-order valence-corrected chi connectivity index (χ2v) is 7.00. The van der Waals surface area contributed by atoms with Gasteiger partial charge in [-0.25, -0.2) is 4.79 Å². The summed E-state index contributed by atoms with van der Waals surface area (Å²) in [7, 11) is 0. The summed E-state index contributed by atoms with van der Waals surface area (Å²) in [6.07, 6.45) is 0. The quantitative estimate of drug-likeness (QED) is 0.685. The number of aromatic carboxylic acids is 1. The lowest BCUT2D eigenvalue weighted by molar-refractivity contribution is -0.142. The van der Waals surface area contributed by atoms with Gasteiger partial charge in [-0.2, -0.15) is 0 Å². The molecule has 0 aliphatic rings. The van der Waals surface area contributed by atoms with Crippen LogP contribution in [0.3, 0.4) is 0 Å². The molecule has 0 aliphatic heterocycles. The van der Waals surface area contributed by atoms with Gasteiger partial charge in [-0.05, 0) is 63.1 Å². The number of aryl methyl sites for hydroxylation is 1. The number of nitrogens with two attached hydrogens (primary N) is 1. The van der Waals surface area contributed by atoms with Crippen molar-refractivity contribution in [2.45, 2.75) is 38.8 Å². The van der Waals surface area contributed by atoms with Gasteiger partial charge in [0.1, 0.15) is 5.75 Å². The molecule has 2 rings (SSSR count). The molecule has 6 nitrogen and oxygen atoms in total. The summed E-state index contributed by atoms with van der Waals surface area (Å²) in [5.74, 6) is -1.43. The number of benzene rings is 2. The summed E-state index contributed by atoms with van der Waals surface area (Å²) in [5.41, 5.74) is 6.33. The summed E-state index contributed by atoms with van der Waals surface area (Å²) >= 11 is 0. The molecule has 6 heteroatoms. The molecule has 4 N–H and O–H groups in total. The predicted molar refractivity (Wildman–Crippen MR) is 97.4 cm³/mol. The number of carboxylic acid groups (broad SMARTS) is 2. The number of aliphatic carboxylic acids is 1. The van der Waals surface area contributed by atoms with Crippen LogP contribution in [0.15, 0.2) is 42.5 Å². The molecule has 0 aliphatic carbocycles. The highest BCUT2D eigenvalue weighted by atomic mass is 16.5. The van der Waals surface area contributed by atoms with Crippen LogP contribution in [-0.2, 0) is 15.9 Å². The number of carboxylic acids is 2. The van der Waals surface area contributed by atoms with Gasteiger partial charge in [0.2, 0.25) is 0 Å². The van der Waals surface area contributed by atoms with E-state index in [2.05, 4.69) is 0 Å². The van der Waals surface area contributed by atoms with E-state index in [4.69, 9.17) is 15.6 Å². The summed E-state index contributed by atoms with van der Waals surface area (Å²) < 4.78 is 5.88. The number of ether oxygens (including phenoxy) is 1. The molecule has 0 radical (unpaired) electrons. The Hall–Kier alpha value is -2.86. The Kier molecular flexibility index (Phi) is 5.09. The molecular weight excluding hydrogens is 334 g/mol. The van der Waals surface area contributed by atoms with E-state index in [-0.39, 0.29) is 5.56 Å². The molecular formula is C20H23NO5. The monoisotopic (exact) mass is 357 g/mol. The topological polar surface area (TPSA) is 110 Å². The van der Waals surface area contributed by atoms with Crippen molar-refractivity contribution in [2.75, 3.05) is 0 Å². The largest absolute Gasteiger partial charge is 0.481 e. The minimum absolute atomic E-state index is 0.183. The molecule has 0 fully saturated rings. The Labute approximate surface area is 152 Å². The Bertz CT molecular complexity index is 838. The number of hydrogen-bond donors (Lipinski definition) is 3. The van der Waals surface area contributed by atoms with Gasteiger partial charge in [0, 0.05) is 5.56 Å². The minimum atomic E-state index is -1.18. The van der Waals surface area contributed by atoms with Crippen LogP contribution in [0, 0.1) is 6.92 Å².